The molecule has 0 aliphatic rings. The number of nitrogens with one attached hydrogen (secondary N) is 1. The molecule has 0 aliphatic carbocycles. The van der Waals surface area contributed by atoms with Crippen LogP contribution in [0, 0.1) is 0 Å². The van der Waals surface area contributed by atoms with Gasteiger partial charge in [0, 0.05) is 11.9 Å². The van der Waals surface area contributed by atoms with Gasteiger partial charge in [0.15, 0.2) is 0 Å². The molecule has 6 heteroatoms. The maximum atomic E-state index is 10.9. The van der Waals surface area contributed by atoms with Crippen molar-refractivity contribution in [2.75, 3.05) is 13.2 Å². The van der Waals surface area contributed by atoms with Gasteiger partial charge in [0.1, 0.15) is 17.9 Å². The normalized spacial score (nSPS) is 9.76. The zero-order valence-electron chi connectivity index (χ0n) is 9.20. The lowest BCUT2D eigenvalue weighted by Gasteiger charge is -2.09. The zero-order valence-corrected chi connectivity index (χ0v) is 9.95. The van der Waals surface area contributed by atoms with Crippen molar-refractivity contribution in [3.63, 3.8) is 0 Å². The zero-order chi connectivity index (χ0) is 12.8. The summed E-state index contributed by atoms with van der Waals surface area (Å²) >= 11 is 5.74. The number of ether oxygens (including phenoxy) is 1. The molecule has 5 nitrogen and oxygen atoms in total. The first kappa shape index (κ1) is 13.3. The molecule has 0 saturated carbocycles. The molecule has 0 spiro atoms. The van der Waals surface area contributed by atoms with Gasteiger partial charge in [-0.25, -0.2) is 4.79 Å². The summed E-state index contributed by atoms with van der Waals surface area (Å²) in [6.07, 6.45) is 0. The predicted octanol–water partition coefficient (Wildman–Crippen LogP) is 1.55. The van der Waals surface area contributed by atoms with Crippen molar-refractivity contribution in [2.24, 2.45) is 0 Å². The Labute approximate surface area is 103 Å². The van der Waals surface area contributed by atoms with E-state index in [4.69, 9.17) is 21.4 Å². The van der Waals surface area contributed by atoms with Crippen LogP contribution in [0.15, 0.2) is 18.2 Å². The van der Waals surface area contributed by atoms with Crippen LogP contribution in [-0.2, 0) is 4.79 Å². The molecule has 0 unspecified atom stereocenters. The molecule has 1 aromatic carbocycles. The maximum absolute atomic E-state index is 10.9. The first-order valence-corrected chi connectivity index (χ1v) is 5.28. The highest BCUT2D eigenvalue weighted by Gasteiger charge is 2.11. The molecule has 0 aromatic heterocycles. The Morgan fingerprint density at radius 3 is 2.76 bits per heavy atom. The Hall–Kier alpha value is -1.75. The number of carbonyl (C=O) groups excluding carboxylic acids is 1. The van der Waals surface area contributed by atoms with Crippen molar-refractivity contribution in [3.05, 3.63) is 28.8 Å². The van der Waals surface area contributed by atoms with Crippen LogP contribution in [0.25, 0.3) is 0 Å². The quantitative estimate of drug-likeness (QED) is 0.785. The van der Waals surface area contributed by atoms with Crippen molar-refractivity contribution in [3.8, 4) is 5.75 Å². The smallest absolute Gasteiger partial charge is 0.339 e. The lowest BCUT2D eigenvalue weighted by atomic mass is 10.2. The van der Waals surface area contributed by atoms with Crippen LogP contribution in [0.1, 0.15) is 17.3 Å². The van der Waals surface area contributed by atoms with Crippen LogP contribution < -0.4 is 10.1 Å². The van der Waals surface area contributed by atoms with Crippen LogP contribution >= 0.6 is 11.6 Å². The predicted molar refractivity (Wildman–Crippen MR) is 62.6 cm³/mol. The van der Waals surface area contributed by atoms with Crippen molar-refractivity contribution >= 4 is 23.5 Å². The Balaban J connectivity index is 2.65. The van der Waals surface area contributed by atoms with E-state index in [-0.39, 0.29) is 23.8 Å². The second kappa shape index (κ2) is 6.10. The summed E-state index contributed by atoms with van der Waals surface area (Å²) in [5.74, 6) is -1.07. The van der Waals surface area contributed by atoms with Gasteiger partial charge in [-0.15, -0.1) is 0 Å². The molecule has 0 saturated heterocycles. The lowest BCUT2D eigenvalue weighted by Crippen LogP contribution is -2.25. The van der Waals surface area contributed by atoms with E-state index in [9.17, 15) is 9.59 Å². The summed E-state index contributed by atoms with van der Waals surface area (Å²) in [5, 5.41) is 11.8. The van der Waals surface area contributed by atoms with E-state index in [2.05, 4.69) is 5.32 Å². The van der Waals surface area contributed by atoms with Crippen molar-refractivity contribution < 1.29 is 19.4 Å². The topological polar surface area (TPSA) is 75.6 Å². The minimum Gasteiger partial charge on any atom is -0.491 e. The molecule has 2 N–H and O–H groups in total. The molecular formula is C11H12ClNO4. The number of halogens is 1. The molecule has 17 heavy (non-hydrogen) atoms. The molecule has 1 rings (SSSR count). The number of carboxylic acid groups (broad SMARTS) is 1. The summed E-state index contributed by atoms with van der Waals surface area (Å²) in [6, 6.07) is 4.28. The number of rotatable bonds is 5. The molecule has 1 aromatic rings. The summed E-state index contributed by atoms with van der Waals surface area (Å²) in [4.78, 5) is 21.5. The number of carboxylic acids is 1. The van der Waals surface area contributed by atoms with E-state index >= 15 is 0 Å². The molecule has 0 radical (unpaired) electrons. The van der Waals surface area contributed by atoms with Crippen molar-refractivity contribution in [1.82, 2.24) is 5.32 Å². The van der Waals surface area contributed by atoms with E-state index in [1.165, 1.54) is 25.1 Å². The average molecular weight is 258 g/mol. The van der Waals surface area contributed by atoms with Crippen LogP contribution in [-0.4, -0.2) is 30.1 Å². The molecule has 0 aliphatic heterocycles. The van der Waals surface area contributed by atoms with Crippen LogP contribution in [0.3, 0.4) is 0 Å². The van der Waals surface area contributed by atoms with E-state index in [0.29, 0.717) is 11.6 Å². The summed E-state index contributed by atoms with van der Waals surface area (Å²) in [7, 11) is 0. The van der Waals surface area contributed by atoms with Gasteiger partial charge >= 0.3 is 5.97 Å². The highest BCUT2D eigenvalue weighted by molar-refractivity contribution is 6.30. The largest absolute Gasteiger partial charge is 0.491 e. The number of hydrogen-bond donors (Lipinski definition) is 2. The summed E-state index contributed by atoms with van der Waals surface area (Å²) in [5.41, 5.74) is 0.0391. The van der Waals surface area contributed by atoms with Gasteiger partial charge in [0.2, 0.25) is 5.91 Å². The number of carbonyl (C=O) groups is 2. The maximum Gasteiger partial charge on any atom is 0.339 e. The van der Waals surface area contributed by atoms with Gasteiger partial charge < -0.3 is 15.2 Å². The van der Waals surface area contributed by atoms with E-state index in [1.807, 2.05) is 0 Å². The fourth-order valence-electron chi connectivity index (χ4n) is 1.18. The first-order chi connectivity index (χ1) is 8.00. The second-order valence-corrected chi connectivity index (χ2v) is 3.71. The third-order valence-corrected chi connectivity index (χ3v) is 2.14. The Kier molecular flexibility index (Phi) is 4.78. The third kappa shape index (κ3) is 4.32. The average Bonchev–Trinajstić information content (AvgIpc) is 2.23. The third-order valence-electron chi connectivity index (χ3n) is 1.91. The number of hydrogen-bond acceptors (Lipinski definition) is 3. The highest BCUT2D eigenvalue weighted by Crippen LogP contribution is 2.23. The highest BCUT2D eigenvalue weighted by atomic mass is 35.5. The van der Waals surface area contributed by atoms with E-state index in [0.717, 1.165) is 0 Å². The second-order valence-electron chi connectivity index (χ2n) is 3.28. The van der Waals surface area contributed by atoms with Crippen molar-refractivity contribution in [1.29, 1.82) is 0 Å². The molecule has 0 fully saturated rings. The standard InChI is InChI=1S/C11H12ClNO4/c1-7(14)13-4-5-17-10-6-8(12)2-3-9(10)11(15)16/h2-3,6H,4-5H2,1H3,(H,13,14)(H,15,16). The Morgan fingerprint density at radius 2 is 2.18 bits per heavy atom. The minimum atomic E-state index is -1.09. The molecular weight excluding hydrogens is 246 g/mol. The summed E-state index contributed by atoms with van der Waals surface area (Å²) in [6.45, 7) is 1.88. The summed E-state index contributed by atoms with van der Waals surface area (Å²) < 4.78 is 5.25. The molecule has 1 amide bonds. The van der Waals surface area contributed by atoms with E-state index in [1.54, 1.807) is 0 Å². The van der Waals surface area contributed by atoms with Crippen molar-refractivity contribution in [2.45, 2.75) is 6.92 Å². The fraction of sp³-hybridized carbons (Fsp3) is 0.273. The van der Waals surface area contributed by atoms with Gasteiger partial charge in [-0.2, -0.15) is 0 Å². The Bertz CT molecular complexity index is 433. The fourth-order valence-corrected chi connectivity index (χ4v) is 1.34. The minimum absolute atomic E-state index is 0.0391. The Morgan fingerprint density at radius 1 is 1.47 bits per heavy atom. The SMILES string of the molecule is CC(=O)NCCOc1cc(Cl)ccc1C(=O)O. The number of aromatic carboxylic acids is 1. The van der Waals surface area contributed by atoms with Crippen LogP contribution in [0.4, 0.5) is 0 Å². The van der Waals surface area contributed by atoms with Gasteiger partial charge in [0.25, 0.3) is 0 Å². The van der Waals surface area contributed by atoms with Gasteiger partial charge in [-0.3, -0.25) is 4.79 Å². The molecule has 0 bridgehead atoms. The van der Waals surface area contributed by atoms with Crippen LogP contribution in [0.5, 0.6) is 5.75 Å². The lowest BCUT2D eigenvalue weighted by molar-refractivity contribution is -0.119. The van der Waals surface area contributed by atoms with Gasteiger partial charge in [-0.1, -0.05) is 11.6 Å². The van der Waals surface area contributed by atoms with Gasteiger partial charge in [-0.05, 0) is 18.2 Å². The molecule has 0 heterocycles. The number of benzene rings is 1. The molecule has 92 valence electrons. The number of amides is 1. The van der Waals surface area contributed by atoms with Crippen LogP contribution in [0.2, 0.25) is 5.02 Å². The van der Waals surface area contributed by atoms with Gasteiger partial charge in [0.05, 0.1) is 6.54 Å². The van der Waals surface area contributed by atoms with E-state index < -0.39 is 5.97 Å². The molecule has 0 atom stereocenters. The first-order valence-electron chi connectivity index (χ1n) is 4.91. The monoisotopic (exact) mass is 257 g/mol.